The van der Waals surface area contributed by atoms with Gasteiger partial charge in [-0.15, -0.1) is 10.2 Å². The van der Waals surface area contributed by atoms with Gasteiger partial charge in [0.25, 0.3) is 5.56 Å². The smallest absolute Gasteiger partial charge is 0.295 e. The van der Waals surface area contributed by atoms with Crippen molar-refractivity contribution in [2.45, 2.75) is 51.5 Å². The number of amides is 1. The molecule has 3 N–H and O–H groups in total. The summed E-state index contributed by atoms with van der Waals surface area (Å²) in [6.45, 7) is 3.69. The van der Waals surface area contributed by atoms with E-state index in [0.29, 0.717) is 28.4 Å². The number of nitrogens with one attached hydrogen (secondary N) is 1. The van der Waals surface area contributed by atoms with Crippen LogP contribution in [0.25, 0.3) is 11.2 Å². The van der Waals surface area contributed by atoms with Gasteiger partial charge in [0, 0.05) is 18.0 Å². The summed E-state index contributed by atoms with van der Waals surface area (Å²) >= 11 is 0. The Morgan fingerprint density at radius 2 is 2.10 bits per heavy atom. The Morgan fingerprint density at radius 3 is 2.81 bits per heavy atom. The molecular weight excluding hydrogens is 398 g/mol. The molecular formula is C20H23N9O2. The molecule has 1 aliphatic rings. The van der Waals surface area contributed by atoms with Crippen LogP contribution in [0.3, 0.4) is 0 Å². The highest BCUT2D eigenvalue weighted by Gasteiger charge is 2.28. The van der Waals surface area contributed by atoms with Gasteiger partial charge in [0.05, 0.1) is 17.1 Å². The monoisotopic (exact) mass is 421 g/mol. The quantitative estimate of drug-likeness (QED) is 0.498. The van der Waals surface area contributed by atoms with Crippen molar-refractivity contribution in [1.82, 2.24) is 34.0 Å². The molecule has 0 spiro atoms. The number of nitrogen functional groups attached to an aromatic ring is 1. The molecule has 0 saturated heterocycles. The first-order valence-corrected chi connectivity index (χ1v) is 10.3. The van der Waals surface area contributed by atoms with Crippen LogP contribution in [0, 0.1) is 0 Å². The van der Waals surface area contributed by atoms with Crippen molar-refractivity contribution in [2.24, 2.45) is 0 Å². The second kappa shape index (κ2) is 7.18. The SMILES string of the molecule is CC(C)c1nn(CC(=O)Nc2ccc3nncn3c2)c(=O)c2c(N)c(C3CCC3)nn12. The van der Waals surface area contributed by atoms with Gasteiger partial charge in [-0.1, -0.05) is 20.3 Å². The summed E-state index contributed by atoms with van der Waals surface area (Å²) < 4.78 is 4.42. The van der Waals surface area contributed by atoms with Crippen LogP contribution in [0.4, 0.5) is 11.4 Å². The first kappa shape index (κ1) is 19.2. The number of aromatic nitrogens is 7. The molecule has 11 nitrogen and oxygen atoms in total. The number of anilines is 2. The van der Waals surface area contributed by atoms with Gasteiger partial charge in [-0.2, -0.15) is 10.2 Å². The van der Waals surface area contributed by atoms with E-state index in [1.807, 2.05) is 13.8 Å². The van der Waals surface area contributed by atoms with Crippen molar-refractivity contribution in [3.8, 4) is 0 Å². The topological polar surface area (TPSA) is 138 Å². The Bertz CT molecular complexity index is 1360. The van der Waals surface area contributed by atoms with Crippen LogP contribution in [0.1, 0.15) is 56.5 Å². The highest BCUT2D eigenvalue weighted by molar-refractivity contribution is 5.90. The Hall–Kier alpha value is -3.76. The average molecular weight is 421 g/mol. The van der Waals surface area contributed by atoms with E-state index in [1.165, 1.54) is 4.68 Å². The average Bonchev–Trinajstić information content (AvgIpc) is 3.27. The van der Waals surface area contributed by atoms with Crippen LogP contribution in [0.15, 0.2) is 29.5 Å². The zero-order valence-electron chi connectivity index (χ0n) is 17.3. The molecule has 0 bridgehead atoms. The van der Waals surface area contributed by atoms with Crippen LogP contribution in [-0.2, 0) is 11.3 Å². The fraction of sp³-hybridized carbons (Fsp3) is 0.400. The van der Waals surface area contributed by atoms with Crippen LogP contribution < -0.4 is 16.6 Å². The van der Waals surface area contributed by atoms with Crippen molar-refractivity contribution in [1.29, 1.82) is 0 Å². The van der Waals surface area contributed by atoms with Crippen LogP contribution in [0.2, 0.25) is 0 Å². The molecule has 1 amide bonds. The molecule has 1 fully saturated rings. The van der Waals surface area contributed by atoms with E-state index in [2.05, 4.69) is 25.7 Å². The van der Waals surface area contributed by atoms with E-state index >= 15 is 0 Å². The number of fused-ring (bicyclic) bond motifs is 2. The number of pyridine rings is 1. The minimum atomic E-state index is -0.426. The van der Waals surface area contributed by atoms with Crippen molar-refractivity contribution in [3.05, 3.63) is 46.5 Å². The maximum absolute atomic E-state index is 13.2. The van der Waals surface area contributed by atoms with Crippen LogP contribution in [0.5, 0.6) is 0 Å². The molecule has 11 heteroatoms. The summed E-state index contributed by atoms with van der Waals surface area (Å²) in [6.07, 6.45) is 6.42. The fourth-order valence-electron chi connectivity index (χ4n) is 3.84. The molecule has 4 heterocycles. The lowest BCUT2D eigenvalue weighted by Gasteiger charge is -2.23. The molecule has 5 rings (SSSR count). The third kappa shape index (κ3) is 3.22. The van der Waals surface area contributed by atoms with Gasteiger partial charge in [0.15, 0.2) is 17.0 Å². The van der Waals surface area contributed by atoms with Crippen molar-refractivity contribution < 1.29 is 4.79 Å². The molecule has 0 aromatic carbocycles. The number of hydrogen-bond acceptors (Lipinski definition) is 7. The van der Waals surface area contributed by atoms with Gasteiger partial charge in [0.2, 0.25) is 5.91 Å². The van der Waals surface area contributed by atoms with Gasteiger partial charge in [-0.05, 0) is 25.0 Å². The Kier molecular flexibility index (Phi) is 4.45. The molecule has 4 aromatic rings. The molecule has 1 saturated carbocycles. The molecule has 4 aromatic heterocycles. The number of hydrogen-bond donors (Lipinski definition) is 2. The Balaban J connectivity index is 1.49. The summed E-state index contributed by atoms with van der Waals surface area (Å²) in [4.78, 5) is 25.8. The number of rotatable bonds is 5. The molecule has 0 aliphatic heterocycles. The number of carbonyl (C=O) groups is 1. The number of nitrogens with zero attached hydrogens (tertiary/aromatic N) is 7. The lowest BCUT2D eigenvalue weighted by atomic mass is 9.82. The zero-order chi connectivity index (χ0) is 21.7. The van der Waals surface area contributed by atoms with Gasteiger partial charge in [0.1, 0.15) is 12.9 Å². The molecule has 1 aliphatic carbocycles. The number of nitrogens with two attached hydrogens (primary N) is 1. The summed E-state index contributed by atoms with van der Waals surface area (Å²) in [5, 5.41) is 19.6. The zero-order valence-corrected chi connectivity index (χ0v) is 17.3. The standard InChI is InChI=1S/C20H23N9O2/c1-11(2)19-26-28(9-15(30)23-13-6-7-14-24-22-10-27(14)8-13)20(31)18-16(21)17(25-29(18)19)12-4-3-5-12/h6-8,10-12H,3-5,9,21H2,1-2H3,(H,23,30). The first-order valence-electron chi connectivity index (χ1n) is 10.3. The van der Waals surface area contributed by atoms with Gasteiger partial charge < -0.3 is 11.1 Å². The molecule has 0 unspecified atom stereocenters. The van der Waals surface area contributed by atoms with Crippen molar-refractivity contribution >= 4 is 28.4 Å². The minimum absolute atomic E-state index is 0.0119. The van der Waals surface area contributed by atoms with E-state index in [1.54, 1.807) is 33.6 Å². The van der Waals surface area contributed by atoms with Crippen LogP contribution >= 0.6 is 0 Å². The van der Waals surface area contributed by atoms with Gasteiger partial charge in [-0.25, -0.2) is 9.20 Å². The van der Waals surface area contributed by atoms with Gasteiger partial charge >= 0.3 is 0 Å². The predicted octanol–water partition coefficient (Wildman–Crippen LogP) is 1.55. The summed E-state index contributed by atoms with van der Waals surface area (Å²) in [5.41, 5.74) is 8.60. The second-order valence-electron chi connectivity index (χ2n) is 8.23. The van der Waals surface area contributed by atoms with Gasteiger partial charge in [-0.3, -0.25) is 14.0 Å². The first-order chi connectivity index (χ1) is 14.9. The second-order valence-corrected chi connectivity index (χ2v) is 8.23. The normalized spacial score (nSPS) is 14.4. The highest BCUT2D eigenvalue weighted by Crippen LogP contribution is 2.39. The van der Waals surface area contributed by atoms with E-state index in [9.17, 15) is 9.59 Å². The molecule has 0 atom stereocenters. The minimum Gasteiger partial charge on any atom is -0.395 e. The van der Waals surface area contributed by atoms with Crippen LogP contribution in [-0.4, -0.2) is 39.9 Å². The molecule has 160 valence electrons. The summed E-state index contributed by atoms with van der Waals surface area (Å²) in [5.74, 6) is 0.481. The molecule has 0 radical (unpaired) electrons. The predicted molar refractivity (Wildman–Crippen MR) is 114 cm³/mol. The lowest BCUT2D eigenvalue weighted by Crippen LogP contribution is -2.33. The summed E-state index contributed by atoms with van der Waals surface area (Å²) in [7, 11) is 0. The Morgan fingerprint density at radius 1 is 1.29 bits per heavy atom. The third-order valence-electron chi connectivity index (χ3n) is 5.70. The van der Waals surface area contributed by atoms with Crippen molar-refractivity contribution in [2.75, 3.05) is 11.1 Å². The largest absolute Gasteiger partial charge is 0.395 e. The fourth-order valence-corrected chi connectivity index (χ4v) is 3.84. The van der Waals surface area contributed by atoms with E-state index in [4.69, 9.17) is 5.73 Å². The van der Waals surface area contributed by atoms with E-state index < -0.39 is 5.56 Å². The Labute approximate surface area is 176 Å². The maximum Gasteiger partial charge on any atom is 0.295 e. The third-order valence-corrected chi connectivity index (χ3v) is 5.70. The summed E-state index contributed by atoms with van der Waals surface area (Å²) in [6, 6.07) is 3.46. The van der Waals surface area contributed by atoms with Crippen molar-refractivity contribution in [3.63, 3.8) is 0 Å². The van der Waals surface area contributed by atoms with E-state index in [-0.39, 0.29) is 24.3 Å². The molecule has 31 heavy (non-hydrogen) atoms. The van der Waals surface area contributed by atoms with E-state index in [0.717, 1.165) is 25.0 Å². The number of carbonyl (C=O) groups excluding carboxylic acids is 1. The lowest BCUT2D eigenvalue weighted by molar-refractivity contribution is -0.117. The maximum atomic E-state index is 13.2. The highest BCUT2D eigenvalue weighted by atomic mass is 16.2.